The van der Waals surface area contributed by atoms with Crippen molar-refractivity contribution in [2.45, 2.75) is 20.3 Å². The van der Waals surface area contributed by atoms with E-state index in [1.54, 1.807) is 0 Å². The van der Waals surface area contributed by atoms with E-state index < -0.39 is 0 Å². The smallest absolute Gasteiger partial charge is 0.243 e. The van der Waals surface area contributed by atoms with Gasteiger partial charge in [-0.1, -0.05) is 36.7 Å². The number of carbonyl (C=O) groups excluding carboxylic acids is 1. The van der Waals surface area contributed by atoms with Crippen molar-refractivity contribution in [3.05, 3.63) is 53.1 Å². The molecule has 23 heavy (non-hydrogen) atoms. The van der Waals surface area contributed by atoms with Crippen LogP contribution in [0.3, 0.4) is 0 Å². The maximum absolute atomic E-state index is 12.1. The van der Waals surface area contributed by atoms with Gasteiger partial charge in [0.05, 0.1) is 18.8 Å². The first kappa shape index (κ1) is 17.2. The molecule has 2 N–H and O–H groups in total. The fraction of sp³-hybridized carbons (Fsp3) is 0.278. The Morgan fingerprint density at radius 2 is 1.87 bits per heavy atom. The van der Waals surface area contributed by atoms with Crippen LogP contribution >= 0.6 is 11.6 Å². The van der Waals surface area contributed by atoms with Crippen molar-refractivity contribution >= 4 is 28.9 Å². The number of benzene rings is 2. The number of amides is 1. The zero-order chi connectivity index (χ0) is 16.7. The number of halogens is 1. The van der Waals surface area contributed by atoms with Crippen molar-refractivity contribution < 1.29 is 9.53 Å². The minimum absolute atomic E-state index is 0.142. The maximum atomic E-state index is 12.1. The van der Waals surface area contributed by atoms with Crippen molar-refractivity contribution in [3.8, 4) is 5.75 Å². The molecule has 0 aromatic heterocycles. The van der Waals surface area contributed by atoms with E-state index in [9.17, 15) is 4.79 Å². The van der Waals surface area contributed by atoms with Crippen LogP contribution in [-0.4, -0.2) is 19.1 Å². The van der Waals surface area contributed by atoms with Crippen LogP contribution in [0.4, 0.5) is 11.4 Å². The lowest BCUT2D eigenvalue weighted by Gasteiger charge is -2.13. The Bertz CT molecular complexity index is 674. The summed E-state index contributed by atoms with van der Waals surface area (Å²) in [5.41, 5.74) is 2.45. The minimum atomic E-state index is -0.142. The van der Waals surface area contributed by atoms with Crippen molar-refractivity contribution in [2.75, 3.05) is 23.8 Å². The van der Waals surface area contributed by atoms with Gasteiger partial charge in [-0.3, -0.25) is 4.79 Å². The predicted molar refractivity (Wildman–Crippen MR) is 95.5 cm³/mol. The lowest BCUT2D eigenvalue weighted by Crippen LogP contribution is -2.22. The summed E-state index contributed by atoms with van der Waals surface area (Å²) >= 11 is 6.07. The first-order valence-corrected chi connectivity index (χ1v) is 8.00. The average molecular weight is 333 g/mol. The first-order chi connectivity index (χ1) is 11.1. The van der Waals surface area contributed by atoms with Crippen LogP contribution in [0.2, 0.25) is 5.02 Å². The second-order valence-electron chi connectivity index (χ2n) is 5.16. The number of hydrogen-bond acceptors (Lipinski definition) is 3. The molecule has 0 saturated heterocycles. The Hall–Kier alpha value is -2.20. The summed E-state index contributed by atoms with van der Waals surface area (Å²) in [6.45, 7) is 4.73. The summed E-state index contributed by atoms with van der Waals surface area (Å²) in [7, 11) is 0. The first-order valence-electron chi connectivity index (χ1n) is 7.62. The fourth-order valence-electron chi connectivity index (χ4n) is 2.08. The molecule has 0 atom stereocenters. The number of carbonyl (C=O) groups is 1. The maximum Gasteiger partial charge on any atom is 0.243 e. The molecule has 0 saturated carbocycles. The molecule has 2 aromatic carbocycles. The van der Waals surface area contributed by atoms with Gasteiger partial charge >= 0.3 is 0 Å². The van der Waals surface area contributed by atoms with Crippen LogP contribution in [0, 0.1) is 6.92 Å². The van der Waals surface area contributed by atoms with Crippen molar-refractivity contribution in [2.24, 2.45) is 0 Å². The Balaban J connectivity index is 1.96. The molecule has 0 unspecified atom stereocenters. The molecule has 0 aliphatic rings. The van der Waals surface area contributed by atoms with Crippen LogP contribution in [-0.2, 0) is 4.79 Å². The third-order valence-corrected chi connectivity index (χ3v) is 3.74. The van der Waals surface area contributed by atoms with Crippen molar-refractivity contribution in [1.29, 1.82) is 0 Å². The quantitative estimate of drug-likeness (QED) is 0.785. The molecule has 1 amide bonds. The van der Waals surface area contributed by atoms with Crippen LogP contribution in [0.5, 0.6) is 5.75 Å². The van der Waals surface area contributed by atoms with Gasteiger partial charge < -0.3 is 15.4 Å². The molecule has 0 bridgehead atoms. The highest BCUT2D eigenvalue weighted by atomic mass is 35.5. The van der Waals surface area contributed by atoms with E-state index in [0.717, 1.165) is 17.7 Å². The summed E-state index contributed by atoms with van der Waals surface area (Å²) in [6, 6.07) is 13.0. The third-order valence-electron chi connectivity index (χ3n) is 3.33. The van der Waals surface area contributed by atoms with E-state index in [2.05, 4.69) is 10.6 Å². The molecule has 2 rings (SSSR count). The Kier molecular flexibility index (Phi) is 6.29. The summed E-state index contributed by atoms with van der Waals surface area (Å²) in [5.74, 6) is 0.540. The van der Waals surface area contributed by atoms with E-state index in [-0.39, 0.29) is 12.5 Å². The molecule has 0 spiro atoms. The van der Waals surface area contributed by atoms with Gasteiger partial charge in [0, 0.05) is 10.7 Å². The van der Waals surface area contributed by atoms with Gasteiger partial charge in [0.1, 0.15) is 5.75 Å². The molecule has 0 radical (unpaired) electrons. The Labute approximate surface area is 141 Å². The highest BCUT2D eigenvalue weighted by Crippen LogP contribution is 2.24. The second kappa shape index (κ2) is 8.44. The molecular formula is C18H21ClN2O2. The van der Waals surface area contributed by atoms with Crippen molar-refractivity contribution in [3.63, 3.8) is 0 Å². The number of para-hydroxylation sites is 2. The molecule has 0 aliphatic carbocycles. The zero-order valence-corrected chi connectivity index (χ0v) is 14.1. The average Bonchev–Trinajstić information content (AvgIpc) is 2.55. The molecule has 0 fully saturated rings. The minimum Gasteiger partial charge on any atom is -0.491 e. The van der Waals surface area contributed by atoms with Gasteiger partial charge in [-0.15, -0.1) is 0 Å². The fourth-order valence-corrected chi connectivity index (χ4v) is 2.25. The standard InChI is InChI=1S/C18H21ClN2O2/c1-3-11-23-17-10-5-4-8-16(17)21-18(22)12-20-15-9-6-7-14(19)13(15)2/h4-10,20H,3,11-12H2,1-2H3,(H,21,22). The predicted octanol–water partition coefficient (Wildman–Crippen LogP) is 4.49. The third kappa shape index (κ3) is 4.89. The zero-order valence-electron chi connectivity index (χ0n) is 13.4. The number of hydrogen-bond donors (Lipinski definition) is 2. The highest BCUT2D eigenvalue weighted by Gasteiger charge is 2.08. The molecule has 5 heteroatoms. The van der Waals surface area contributed by atoms with E-state index in [1.807, 2.05) is 56.3 Å². The highest BCUT2D eigenvalue weighted by molar-refractivity contribution is 6.31. The summed E-state index contributed by atoms with van der Waals surface area (Å²) in [5, 5.41) is 6.64. The van der Waals surface area contributed by atoms with Crippen LogP contribution < -0.4 is 15.4 Å². The van der Waals surface area contributed by atoms with Crippen LogP contribution in [0.15, 0.2) is 42.5 Å². The van der Waals surface area contributed by atoms with Crippen LogP contribution in [0.25, 0.3) is 0 Å². The Morgan fingerprint density at radius 3 is 2.65 bits per heavy atom. The molecular weight excluding hydrogens is 312 g/mol. The van der Waals surface area contributed by atoms with E-state index in [0.29, 0.717) is 23.1 Å². The summed E-state index contributed by atoms with van der Waals surface area (Å²) in [4.78, 5) is 12.1. The lowest BCUT2D eigenvalue weighted by atomic mass is 10.2. The number of nitrogens with one attached hydrogen (secondary N) is 2. The molecule has 2 aromatic rings. The topological polar surface area (TPSA) is 50.4 Å². The second-order valence-corrected chi connectivity index (χ2v) is 5.57. The summed E-state index contributed by atoms with van der Waals surface area (Å²) in [6.07, 6.45) is 0.915. The Morgan fingerprint density at radius 1 is 1.13 bits per heavy atom. The molecule has 122 valence electrons. The molecule has 4 nitrogen and oxygen atoms in total. The van der Waals surface area contributed by atoms with Gasteiger partial charge in [0.2, 0.25) is 5.91 Å². The number of anilines is 2. The monoisotopic (exact) mass is 332 g/mol. The van der Waals surface area contributed by atoms with Gasteiger partial charge in [-0.05, 0) is 43.2 Å². The van der Waals surface area contributed by atoms with Crippen LogP contribution in [0.1, 0.15) is 18.9 Å². The number of ether oxygens (including phenoxy) is 1. The van der Waals surface area contributed by atoms with E-state index >= 15 is 0 Å². The van der Waals surface area contributed by atoms with Gasteiger partial charge in [0.15, 0.2) is 0 Å². The van der Waals surface area contributed by atoms with Crippen molar-refractivity contribution in [1.82, 2.24) is 0 Å². The lowest BCUT2D eigenvalue weighted by molar-refractivity contribution is -0.114. The largest absolute Gasteiger partial charge is 0.491 e. The van der Waals surface area contributed by atoms with Gasteiger partial charge in [-0.2, -0.15) is 0 Å². The molecule has 0 aliphatic heterocycles. The van der Waals surface area contributed by atoms with E-state index in [4.69, 9.17) is 16.3 Å². The normalized spacial score (nSPS) is 10.2. The molecule has 0 heterocycles. The van der Waals surface area contributed by atoms with Gasteiger partial charge in [-0.25, -0.2) is 0 Å². The SMILES string of the molecule is CCCOc1ccccc1NC(=O)CNc1cccc(Cl)c1C. The number of rotatable bonds is 7. The summed E-state index contributed by atoms with van der Waals surface area (Å²) < 4.78 is 5.63. The van der Waals surface area contributed by atoms with Gasteiger partial charge in [0.25, 0.3) is 0 Å². The van der Waals surface area contributed by atoms with E-state index in [1.165, 1.54) is 0 Å².